The van der Waals surface area contributed by atoms with Crippen LogP contribution in [0.3, 0.4) is 0 Å². The summed E-state index contributed by atoms with van der Waals surface area (Å²) in [6.45, 7) is 1.97. The van der Waals surface area contributed by atoms with E-state index >= 15 is 0 Å². The van der Waals surface area contributed by atoms with Gasteiger partial charge in [0.25, 0.3) is 5.91 Å². The van der Waals surface area contributed by atoms with Gasteiger partial charge in [0.15, 0.2) is 0 Å². The Morgan fingerprint density at radius 1 is 1.32 bits per heavy atom. The van der Waals surface area contributed by atoms with E-state index in [4.69, 9.17) is 14.2 Å². The minimum atomic E-state index is -0.296. The second kappa shape index (κ2) is 7.48. The molecule has 116 valence electrons. The number of nitrogens with zero attached hydrogens (tertiary/aromatic N) is 2. The standard InChI is InChI=1S/C16H18N2O4/c1-20-14-3-4-15(21-2)12(10-14)9-13(11-17)16(19)18-5-7-22-8-6-18/h3-4,9-10H,5-8H2,1-2H3/b13-9+. The maximum atomic E-state index is 12.4. The maximum absolute atomic E-state index is 12.4. The first-order valence-electron chi connectivity index (χ1n) is 6.90. The second-order valence-electron chi connectivity index (χ2n) is 4.68. The van der Waals surface area contributed by atoms with Gasteiger partial charge in [-0.05, 0) is 24.3 Å². The fourth-order valence-electron chi connectivity index (χ4n) is 2.19. The average Bonchev–Trinajstić information content (AvgIpc) is 2.59. The summed E-state index contributed by atoms with van der Waals surface area (Å²) >= 11 is 0. The fraction of sp³-hybridized carbons (Fsp3) is 0.375. The lowest BCUT2D eigenvalue weighted by molar-refractivity contribution is -0.130. The van der Waals surface area contributed by atoms with E-state index in [1.54, 1.807) is 30.2 Å². The first-order valence-corrected chi connectivity index (χ1v) is 6.90. The Bertz CT molecular complexity index is 613. The first kappa shape index (κ1) is 15.9. The molecule has 1 aromatic carbocycles. The van der Waals surface area contributed by atoms with Crippen LogP contribution < -0.4 is 9.47 Å². The quantitative estimate of drug-likeness (QED) is 0.622. The van der Waals surface area contributed by atoms with Crippen LogP contribution in [0.4, 0.5) is 0 Å². The molecule has 0 spiro atoms. The van der Waals surface area contributed by atoms with Crippen LogP contribution in [0.25, 0.3) is 6.08 Å². The highest BCUT2D eigenvalue weighted by atomic mass is 16.5. The summed E-state index contributed by atoms with van der Waals surface area (Å²) in [5.74, 6) is 0.905. The third-order valence-electron chi connectivity index (χ3n) is 3.39. The van der Waals surface area contributed by atoms with Crippen molar-refractivity contribution in [1.82, 2.24) is 4.90 Å². The predicted molar refractivity (Wildman–Crippen MR) is 80.5 cm³/mol. The number of benzene rings is 1. The van der Waals surface area contributed by atoms with Crippen LogP contribution in [-0.4, -0.2) is 51.3 Å². The SMILES string of the molecule is COc1ccc(OC)c(/C=C(\C#N)C(=O)N2CCOCC2)c1. The number of nitriles is 1. The fourth-order valence-corrected chi connectivity index (χ4v) is 2.19. The van der Waals surface area contributed by atoms with Gasteiger partial charge < -0.3 is 19.1 Å². The van der Waals surface area contributed by atoms with Crippen LogP contribution in [0.5, 0.6) is 11.5 Å². The Labute approximate surface area is 129 Å². The Hall–Kier alpha value is -2.52. The number of hydrogen-bond donors (Lipinski definition) is 0. The molecule has 1 fully saturated rings. The van der Waals surface area contributed by atoms with Crippen LogP contribution in [0.1, 0.15) is 5.56 Å². The van der Waals surface area contributed by atoms with Crippen molar-refractivity contribution in [2.75, 3.05) is 40.5 Å². The van der Waals surface area contributed by atoms with Crippen molar-refractivity contribution in [3.63, 3.8) is 0 Å². The maximum Gasteiger partial charge on any atom is 0.264 e. The highest BCUT2D eigenvalue weighted by molar-refractivity contribution is 6.02. The largest absolute Gasteiger partial charge is 0.497 e. The molecule has 1 amide bonds. The molecular weight excluding hydrogens is 284 g/mol. The summed E-state index contributed by atoms with van der Waals surface area (Å²) in [5.41, 5.74) is 0.688. The zero-order valence-corrected chi connectivity index (χ0v) is 12.7. The summed E-state index contributed by atoms with van der Waals surface area (Å²) in [6, 6.07) is 7.19. The van der Waals surface area contributed by atoms with Crippen LogP contribution in [-0.2, 0) is 9.53 Å². The van der Waals surface area contributed by atoms with Gasteiger partial charge in [-0.1, -0.05) is 0 Å². The Morgan fingerprint density at radius 3 is 2.64 bits per heavy atom. The smallest absolute Gasteiger partial charge is 0.264 e. The van der Waals surface area contributed by atoms with Crippen molar-refractivity contribution in [3.8, 4) is 17.6 Å². The third kappa shape index (κ3) is 3.57. The van der Waals surface area contributed by atoms with E-state index in [1.807, 2.05) is 6.07 Å². The predicted octanol–water partition coefficient (Wildman–Crippen LogP) is 1.47. The molecule has 6 heteroatoms. The second-order valence-corrected chi connectivity index (χ2v) is 4.68. The Morgan fingerprint density at radius 2 is 2.05 bits per heavy atom. The van der Waals surface area contributed by atoms with Gasteiger partial charge in [0.1, 0.15) is 23.1 Å². The molecule has 1 aromatic rings. The summed E-state index contributed by atoms with van der Waals surface area (Å²) in [4.78, 5) is 14.0. The van der Waals surface area contributed by atoms with E-state index in [-0.39, 0.29) is 11.5 Å². The van der Waals surface area contributed by atoms with Gasteiger partial charge in [0, 0.05) is 18.7 Å². The van der Waals surface area contributed by atoms with E-state index < -0.39 is 0 Å². The van der Waals surface area contributed by atoms with E-state index in [0.717, 1.165) is 0 Å². The zero-order valence-electron chi connectivity index (χ0n) is 12.7. The molecule has 0 saturated carbocycles. The molecule has 0 radical (unpaired) electrons. The highest BCUT2D eigenvalue weighted by Gasteiger charge is 2.21. The summed E-state index contributed by atoms with van der Waals surface area (Å²) in [7, 11) is 3.09. The van der Waals surface area contributed by atoms with Gasteiger partial charge in [-0.3, -0.25) is 4.79 Å². The number of amides is 1. The number of hydrogen-bond acceptors (Lipinski definition) is 5. The summed E-state index contributed by atoms with van der Waals surface area (Å²) < 4.78 is 15.6. The van der Waals surface area contributed by atoms with Gasteiger partial charge >= 0.3 is 0 Å². The molecule has 0 unspecified atom stereocenters. The topological polar surface area (TPSA) is 71.8 Å². The van der Waals surface area contributed by atoms with E-state index in [9.17, 15) is 10.1 Å². The first-order chi connectivity index (χ1) is 10.7. The van der Waals surface area contributed by atoms with Gasteiger partial charge in [0.2, 0.25) is 0 Å². The Balaban J connectivity index is 2.31. The Kier molecular flexibility index (Phi) is 5.39. The number of carbonyl (C=O) groups is 1. The van der Waals surface area contributed by atoms with Gasteiger partial charge in [0.05, 0.1) is 27.4 Å². The van der Waals surface area contributed by atoms with E-state index in [1.165, 1.54) is 13.2 Å². The van der Waals surface area contributed by atoms with Gasteiger partial charge in [-0.15, -0.1) is 0 Å². The normalized spacial score (nSPS) is 15.1. The molecule has 1 aliphatic rings. The molecule has 0 bridgehead atoms. The summed E-state index contributed by atoms with van der Waals surface area (Å²) in [6.07, 6.45) is 1.53. The third-order valence-corrected chi connectivity index (χ3v) is 3.39. The minimum Gasteiger partial charge on any atom is -0.497 e. The zero-order chi connectivity index (χ0) is 15.9. The monoisotopic (exact) mass is 302 g/mol. The van der Waals surface area contributed by atoms with Crippen molar-refractivity contribution in [3.05, 3.63) is 29.3 Å². The van der Waals surface area contributed by atoms with Crippen molar-refractivity contribution in [2.24, 2.45) is 0 Å². The van der Waals surface area contributed by atoms with Crippen molar-refractivity contribution >= 4 is 12.0 Å². The average molecular weight is 302 g/mol. The number of carbonyl (C=O) groups excluding carboxylic acids is 1. The molecule has 22 heavy (non-hydrogen) atoms. The number of ether oxygens (including phenoxy) is 3. The number of methoxy groups -OCH3 is 2. The van der Waals surface area contributed by atoms with Crippen molar-refractivity contribution in [2.45, 2.75) is 0 Å². The molecule has 0 atom stereocenters. The molecule has 6 nitrogen and oxygen atoms in total. The lowest BCUT2D eigenvalue weighted by Crippen LogP contribution is -2.41. The lowest BCUT2D eigenvalue weighted by atomic mass is 10.1. The molecule has 1 heterocycles. The minimum absolute atomic E-state index is 0.0634. The molecule has 0 aliphatic carbocycles. The molecule has 1 saturated heterocycles. The number of morpholine rings is 1. The van der Waals surface area contributed by atoms with Crippen LogP contribution in [0.2, 0.25) is 0 Å². The molecule has 0 aromatic heterocycles. The van der Waals surface area contributed by atoms with Gasteiger partial charge in [-0.2, -0.15) is 5.26 Å². The van der Waals surface area contributed by atoms with Crippen LogP contribution in [0.15, 0.2) is 23.8 Å². The van der Waals surface area contributed by atoms with E-state index in [2.05, 4.69) is 0 Å². The van der Waals surface area contributed by atoms with Gasteiger partial charge in [-0.25, -0.2) is 0 Å². The molecule has 0 N–H and O–H groups in total. The van der Waals surface area contributed by atoms with Crippen molar-refractivity contribution in [1.29, 1.82) is 5.26 Å². The van der Waals surface area contributed by atoms with Crippen molar-refractivity contribution < 1.29 is 19.0 Å². The lowest BCUT2D eigenvalue weighted by Gasteiger charge is -2.26. The summed E-state index contributed by atoms with van der Waals surface area (Å²) in [5, 5.41) is 9.31. The number of rotatable bonds is 4. The molecule has 2 rings (SSSR count). The van der Waals surface area contributed by atoms with Crippen LogP contribution in [0, 0.1) is 11.3 Å². The molecular formula is C16H18N2O4. The molecule has 1 aliphatic heterocycles. The highest BCUT2D eigenvalue weighted by Crippen LogP contribution is 2.26. The van der Waals surface area contributed by atoms with Crippen LogP contribution >= 0.6 is 0 Å². The van der Waals surface area contributed by atoms with E-state index in [0.29, 0.717) is 43.4 Å².